The summed E-state index contributed by atoms with van der Waals surface area (Å²) in [5, 5.41) is 9.45. The normalized spacial score (nSPS) is 18.5. The van der Waals surface area contributed by atoms with E-state index in [-0.39, 0.29) is 23.5 Å². The van der Waals surface area contributed by atoms with E-state index in [0.29, 0.717) is 11.3 Å². The Morgan fingerprint density at radius 3 is 2.67 bits per heavy atom. The van der Waals surface area contributed by atoms with Crippen molar-refractivity contribution in [1.82, 2.24) is 0 Å². The zero-order valence-corrected chi connectivity index (χ0v) is 10.3. The molecule has 1 aromatic carbocycles. The molecular formula is C13H16N2O3. The van der Waals surface area contributed by atoms with Gasteiger partial charge in [-0.05, 0) is 12.0 Å². The molecule has 0 aliphatic carbocycles. The monoisotopic (exact) mass is 248 g/mol. The highest BCUT2D eigenvalue weighted by Gasteiger charge is 2.34. The third-order valence-corrected chi connectivity index (χ3v) is 3.06. The number of hydrogen-bond acceptors (Lipinski definition) is 4. The van der Waals surface area contributed by atoms with Gasteiger partial charge in [-0.25, -0.2) is 0 Å². The fourth-order valence-corrected chi connectivity index (χ4v) is 2.32. The molecule has 96 valence electrons. The van der Waals surface area contributed by atoms with E-state index in [1.165, 1.54) is 6.07 Å². The molecule has 5 heteroatoms. The van der Waals surface area contributed by atoms with Gasteiger partial charge in [0.2, 0.25) is 0 Å². The predicted octanol–water partition coefficient (Wildman–Crippen LogP) is 1.18. The van der Waals surface area contributed by atoms with Crippen LogP contribution < -0.4 is 16.2 Å². The second kappa shape index (κ2) is 4.25. The summed E-state index contributed by atoms with van der Waals surface area (Å²) in [4.78, 5) is 11.5. The first-order valence-electron chi connectivity index (χ1n) is 5.72. The molecule has 0 aromatic heterocycles. The number of primary amides is 1. The SMILES string of the molecule is CC(C)[C@@H]1C(C(N)=O)=C(N)Oc2cc(O)ccc21. The van der Waals surface area contributed by atoms with E-state index in [4.69, 9.17) is 16.2 Å². The average Bonchev–Trinajstić information content (AvgIpc) is 2.25. The molecule has 1 atom stereocenters. The highest BCUT2D eigenvalue weighted by atomic mass is 16.5. The van der Waals surface area contributed by atoms with Gasteiger partial charge in [-0.3, -0.25) is 4.79 Å². The van der Waals surface area contributed by atoms with Crippen LogP contribution in [0.1, 0.15) is 25.3 Å². The number of phenols is 1. The molecule has 2 rings (SSSR count). The highest BCUT2D eigenvalue weighted by Crippen LogP contribution is 2.43. The van der Waals surface area contributed by atoms with E-state index in [2.05, 4.69) is 0 Å². The molecular weight excluding hydrogens is 232 g/mol. The number of benzene rings is 1. The fraction of sp³-hybridized carbons (Fsp3) is 0.308. The minimum absolute atomic E-state index is 0.0132. The molecule has 1 aromatic rings. The van der Waals surface area contributed by atoms with E-state index in [1.54, 1.807) is 12.1 Å². The van der Waals surface area contributed by atoms with Gasteiger partial charge in [0.05, 0.1) is 5.57 Å². The van der Waals surface area contributed by atoms with Crippen molar-refractivity contribution >= 4 is 5.91 Å². The van der Waals surface area contributed by atoms with Crippen molar-refractivity contribution in [3.8, 4) is 11.5 Å². The minimum Gasteiger partial charge on any atom is -0.508 e. The largest absolute Gasteiger partial charge is 0.508 e. The fourth-order valence-electron chi connectivity index (χ4n) is 2.32. The number of carbonyl (C=O) groups excluding carboxylic acids is 1. The second-order valence-electron chi connectivity index (χ2n) is 4.69. The van der Waals surface area contributed by atoms with Crippen LogP contribution in [0.15, 0.2) is 29.7 Å². The number of amides is 1. The van der Waals surface area contributed by atoms with E-state index < -0.39 is 5.91 Å². The molecule has 0 bridgehead atoms. The third kappa shape index (κ3) is 1.88. The maximum absolute atomic E-state index is 11.5. The number of hydrogen-bond donors (Lipinski definition) is 3. The molecule has 5 nitrogen and oxygen atoms in total. The van der Waals surface area contributed by atoms with Gasteiger partial charge in [0.15, 0.2) is 5.88 Å². The van der Waals surface area contributed by atoms with E-state index >= 15 is 0 Å². The van der Waals surface area contributed by atoms with E-state index in [0.717, 1.165) is 5.56 Å². The Balaban J connectivity index is 2.61. The molecule has 18 heavy (non-hydrogen) atoms. The molecule has 1 heterocycles. The van der Waals surface area contributed by atoms with Gasteiger partial charge in [-0.2, -0.15) is 0 Å². The Bertz CT molecular complexity index is 535. The number of aromatic hydroxyl groups is 1. The molecule has 0 saturated carbocycles. The topological polar surface area (TPSA) is 98.6 Å². The summed E-state index contributed by atoms with van der Waals surface area (Å²) in [6, 6.07) is 4.76. The first kappa shape index (κ1) is 12.3. The first-order valence-corrected chi connectivity index (χ1v) is 5.72. The van der Waals surface area contributed by atoms with Crippen LogP contribution in [0.2, 0.25) is 0 Å². The standard InChI is InChI=1S/C13H16N2O3/c1-6(2)10-8-4-3-7(16)5-9(8)18-13(15)11(10)12(14)17/h3-6,10,16H,15H2,1-2H3,(H2,14,17)/t10-/m0/s1. The van der Waals surface area contributed by atoms with Crippen molar-refractivity contribution < 1.29 is 14.6 Å². The smallest absolute Gasteiger partial charge is 0.250 e. The van der Waals surface area contributed by atoms with Crippen LogP contribution in [0.5, 0.6) is 11.5 Å². The van der Waals surface area contributed by atoms with Gasteiger partial charge in [-0.1, -0.05) is 19.9 Å². The number of phenolic OH excluding ortho intramolecular Hbond substituents is 1. The van der Waals surface area contributed by atoms with Crippen molar-refractivity contribution in [2.45, 2.75) is 19.8 Å². The summed E-state index contributed by atoms with van der Waals surface area (Å²) in [5.41, 5.74) is 12.2. The van der Waals surface area contributed by atoms with E-state index in [1.807, 2.05) is 13.8 Å². The summed E-state index contributed by atoms with van der Waals surface area (Å²) in [5.74, 6) is -0.0860. The summed E-state index contributed by atoms with van der Waals surface area (Å²) >= 11 is 0. The molecule has 0 unspecified atom stereocenters. The zero-order chi connectivity index (χ0) is 13.4. The number of rotatable bonds is 2. The lowest BCUT2D eigenvalue weighted by atomic mass is 9.80. The van der Waals surface area contributed by atoms with Crippen molar-refractivity contribution in [2.75, 3.05) is 0 Å². The third-order valence-electron chi connectivity index (χ3n) is 3.06. The Morgan fingerprint density at radius 1 is 1.44 bits per heavy atom. The highest BCUT2D eigenvalue weighted by molar-refractivity contribution is 5.94. The molecule has 0 radical (unpaired) electrons. The average molecular weight is 248 g/mol. The molecule has 1 amide bonds. The van der Waals surface area contributed by atoms with Gasteiger partial charge in [0.1, 0.15) is 11.5 Å². The second-order valence-corrected chi connectivity index (χ2v) is 4.69. The Kier molecular flexibility index (Phi) is 2.90. The summed E-state index contributed by atoms with van der Waals surface area (Å²) in [6.07, 6.45) is 0. The first-order chi connectivity index (χ1) is 8.41. The minimum atomic E-state index is -0.579. The number of fused-ring (bicyclic) bond motifs is 1. The van der Waals surface area contributed by atoms with Crippen LogP contribution in [-0.2, 0) is 4.79 Å². The Morgan fingerprint density at radius 2 is 2.11 bits per heavy atom. The zero-order valence-electron chi connectivity index (χ0n) is 10.3. The van der Waals surface area contributed by atoms with Crippen molar-refractivity contribution in [2.24, 2.45) is 17.4 Å². The summed E-state index contributed by atoms with van der Waals surface area (Å²) in [7, 11) is 0. The van der Waals surface area contributed by atoms with Gasteiger partial charge in [-0.15, -0.1) is 0 Å². The van der Waals surface area contributed by atoms with Crippen LogP contribution in [-0.4, -0.2) is 11.0 Å². The number of ether oxygens (including phenoxy) is 1. The van der Waals surface area contributed by atoms with Crippen LogP contribution >= 0.6 is 0 Å². The predicted molar refractivity (Wildman–Crippen MR) is 66.7 cm³/mol. The Labute approximate surface area is 105 Å². The lowest BCUT2D eigenvalue weighted by Crippen LogP contribution is -2.31. The molecule has 0 fully saturated rings. The molecule has 5 N–H and O–H groups in total. The molecule has 0 spiro atoms. The van der Waals surface area contributed by atoms with Crippen molar-refractivity contribution in [3.05, 3.63) is 35.2 Å². The summed E-state index contributed by atoms with van der Waals surface area (Å²) < 4.78 is 5.36. The number of carbonyl (C=O) groups is 1. The number of nitrogens with two attached hydrogens (primary N) is 2. The van der Waals surface area contributed by atoms with Crippen LogP contribution in [0.3, 0.4) is 0 Å². The van der Waals surface area contributed by atoms with Crippen LogP contribution in [0.25, 0.3) is 0 Å². The quantitative estimate of drug-likeness (QED) is 0.731. The van der Waals surface area contributed by atoms with Gasteiger partial charge < -0.3 is 21.3 Å². The van der Waals surface area contributed by atoms with E-state index in [9.17, 15) is 9.90 Å². The molecule has 1 aliphatic rings. The van der Waals surface area contributed by atoms with Crippen molar-refractivity contribution in [3.63, 3.8) is 0 Å². The maximum atomic E-state index is 11.5. The molecule has 0 saturated heterocycles. The van der Waals surface area contributed by atoms with Crippen molar-refractivity contribution in [1.29, 1.82) is 0 Å². The van der Waals surface area contributed by atoms with Crippen LogP contribution in [0, 0.1) is 5.92 Å². The lowest BCUT2D eigenvalue weighted by Gasteiger charge is -2.30. The summed E-state index contributed by atoms with van der Waals surface area (Å²) in [6.45, 7) is 3.95. The molecule has 1 aliphatic heterocycles. The van der Waals surface area contributed by atoms with Crippen LogP contribution in [0.4, 0.5) is 0 Å². The van der Waals surface area contributed by atoms with Gasteiger partial charge >= 0.3 is 0 Å². The lowest BCUT2D eigenvalue weighted by molar-refractivity contribution is -0.115. The maximum Gasteiger partial charge on any atom is 0.250 e. The van der Waals surface area contributed by atoms with Gasteiger partial charge in [0, 0.05) is 17.5 Å². The van der Waals surface area contributed by atoms with Gasteiger partial charge in [0.25, 0.3) is 5.91 Å². The Hall–Kier alpha value is -2.17.